The van der Waals surface area contributed by atoms with E-state index in [1.165, 1.54) is 23.3 Å². The largest absolute Gasteiger partial charge is 0.368 e. The van der Waals surface area contributed by atoms with Crippen molar-refractivity contribution in [2.75, 3.05) is 39.8 Å². The maximum absolute atomic E-state index is 12.7. The van der Waals surface area contributed by atoms with Gasteiger partial charge >= 0.3 is 0 Å². The van der Waals surface area contributed by atoms with Gasteiger partial charge in [-0.05, 0) is 44.2 Å². The number of likely N-dealkylation sites (tertiary alicyclic amines) is 1. The Balaban J connectivity index is 1.41. The lowest BCUT2D eigenvalue weighted by Crippen LogP contribution is -2.73. The van der Waals surface area contributed by atoms with Gasteiger partial charge in [-0.15, -0.1) is 11.3 Å². The minimum atomic E-state index is -0.309. The van der Waals surface area contributed by atoms with E-state index >= 15 is 0 Å². The standard InChI is InChI=1S/C19H27N3O3S/c1-12-6-16(26-13(12)2)18(24)22-10-19(11-22)9-21(7-14-4-5-14)15(8-25-19)17(23)20-3/h6,14-15H,4-5,7-11H2,1-3H3,(H,20,23)/t15-/m0/s1. The van der Waals surface area contributed by atoms with Crippen LogP contribution in [0.3, 0.4) is 0 Å². The van der Waals surface area contributed by atoms with Crippen LogP contribution < -0.4 is 5.32 Å². The summed E-state index contributed by atoms with van der Waals surface area (Å²) in [4.78, 5) is 31.1. The summed E-state index contributed by atoms with van der Waals surface area (Å²) >= 11 is 1.56. The number of rotatable bonds is 4. The van der Waals surface area contributed by atoms with Gasteiger partial charge in [-0.2, -0.15) is 0 Å². The molecule has 1 aromatic rings. The number of carbonyl (C=O) groups is 2. The number of likely N-dealkylation sites (N-methyl/N-ethyl adjacent to an activating group) is 1. The van der Waals surface area contributed by atoms with Gasteiger partial charge in [0.25, 0.3) is 5.91 Å². The molecule has 1 N–H and O–H groups in total. The first kappa shape index (κ1) is 17.9. The van der Waals surface area contributed by atoms with Crippen LogP contribution in [0.15, 0.2) is 6.07 Å². The lowest BCUT2D eigenvalue weighted by molar-refractivity contribution is -0.191. The molecule has 7 heteroatoms. The smallest absolute Gasteiger partial charge is 0.264 e. The Morgan fingerprint density at radius 3 is 2.62 bits per heavy atom. The zero-order chi connectivity index (χ0) is 18.5. The van der Waals surface area contributed by atoms with Crippen molar-refractivity contribution in [3.8, 4) is 0 Å². The van der Waals surface area contributed by atoms with Crippen LogP contribution in [0.2, 0.25) is 0 Å². The van der Waals surface area contributed by atoms with E-state index in [1.807, 2.05) is 24.8 Å². The van der Waals surface area contributed by atoms with Crippen molar-refractivity contribution in [1.29, 1.82) is 0 Å². The van der Waals surface area contributed by atoms with Gasteiger partial charge in [0.15, 0.2) is 0 Å². The van der Waals surface area contributed by atoms with Crippen LogP contribution in [0.1, 0.15) is 33.0 Å². The first-order chi connectivity index (χ1) is 12.4. The number of hydrogen-bond donors (Lipinski definition) is 1. The molecule has 1 atom stereocenters. The summed E-state index contributed by atoms with van der Waals surface area (Å²) in [5.74, 6) is 0.840. The average molecular weight is 378 g/mol. The molecule has 1 saturated carbocycles. The summed E-state index contributed by atoms with van der Waals surface area (Å²) in [7, 11) is 1.68. The third kappa shape index (κ3) is 3.28. The van der Waals surface area contributed by atoms with Crippen LogP contribution in [-0.2, 0) is 9.53 Å². The van der Waals surface area contributed by atoms with Crippen LogP contribution in [0, 0.1) is 19.8 Å². The van der Waals surface area contributed by atoms with Crippen molar-refractivity contribution in [2.45, 2.75) is 38.3 Å². The maximum Gasteiger partial charge on any atom is 0.264 e. The molecule has 1 aliphatic carbocycles. The molecule has 0 radical (unpaired) electrons. The Kier molecular flexibility index (Phi) is 4.57. The Morgan fingerprint density at radius 2 is 2.04 bits per heavy atom. The quantitative estimate of drug-likeness (QED) is 0.862. The number of aryl methyl sites for hydroxylation is 2. The van der Waals surface area contributed by atoms with Gasteiger partial charge < -0.3 is 15.0 Å². The van der Waals surface area contributed by atoms with Gasteiger partial charge in [-0.3, -0.25) is 14.5 Å². The van der Waals surface area contributed by atoms with Crippen LogP contribution in [0.4, 0.5) is 0 Å². The predicted octanol–water partition coefficient (Wildman–Crippen LogP) is 1.42. The highest BCUT2D eigenvalue weighted by atomic mass is 32.1. The van der Waals surface area contributed by atoms with Gasteiger partial charge in [0, 0.05) is 25.0 Å². The average Bonchev–Trinajstić information content (AvgIpc) is 3.35. The molecule has 2 aliphatic heterocycles. The van der Waals surface area contributed by atoms with Gasteiger partial charge in [-0.1, -0.05) is 0 Å². The Morgan fingerprint density at radius 1 is 1.31 bits per heavy atom. The lowest BCUT2D eigenvalue weighted by atomic mass is 9.90. The highest BCUT2D eigenvalue weighted by Gasteiger charge is 2.52. The van der Waals surface area contributed by atoms with Gasteiger partial charge in [0.1, 0.15) is 11.6 Å². The van der Waals surface area contributed by atoms with E-state index in [4.69, 9.17) is 4.74 Å². The fraction of sp³-hybridized carbons (Fsp3) is 0.684. The summed E-state index contributed by atoms with van der Waals surface area (Å²) in [5.41, 5.74) is 0.864. The highest BCUT2D eigenvalue weighted by molar-refractivity contribution is 7.14. The van der Waals surface area contributed by atoms with E-state index in [-0.39, 0.29) is 23.5 Å². The minimum absolute atomic E-state index is 0.0253. The number of amides is 2. The number of hydrogen-bond acceptors (Lipinski definition) is 5. The first-order valence-electron chi connectivity index (χ1n) is 9.37. The number of carbonyl (C=O) groups excluding carboxylic acids is 2. The third-order valence-corrected chi connectivity index (χ3v) is 6.98. The summed E-state index contributed by atoms with van der Waals surface area (Å²) in [5, 5.41) is 2.75. The number of nitrogens with zero attached hydrogens (tertiary/aromatic N) is 2. The van der Waals surface area contributed by atoms with Crippen molar-refractivity contribution in [2.24, 2.45) is 5.92 Å². The van der Waals surface area contributed by atoms with E-state index in [0.717, 1.165) is 18.0 Å². The van der Waals surface area contributed by atoms with Crippen molar-refractivity contribution in [3.05, 3.63) is 21.4 Å². The first-order valence-corrected chi connectivity index (χ1v) is 10.2. The van der Waals surface area contributed by atoms with E-state index < -0.39 is 0 Å². The van der Waals surface area contributed by atoms with Crippen molar-refractivity contribution in [3.63, 3.8) is 0 Å². The fourth-order valence-electron chi connectivity index (χ4n) is 3.94. The number of morpholine rings is 1. The molecule has 142 valence electrons. The molecule has 4 rings (SSSR count). The van der Waals surface area contributed by atoms with Crippen LogP contribution in [0.5, 0.6) is 0 Å². The second-order valence-electron chi connectivity index (χ2n) is 8.01. The minimum Gasteiger partial charge on any atom is -0.368 e. The molecule has 3 fully saturated rings. The molecule has 2 amide bonds. The molecule has 26 heavy (non-hydrogen) atoms. The second kappa shape index (κ2) is 6.62. The Bertz CT molecular complexity index is 702. The molecular formula is C19H27N3O3S. The molecule has 0 unspecified atom stereocenters. The monoisotopic (exact) mass is 377 g/mol. The van der Waals surface area contributed by atoms with Gasteiger partial charge in [0.2, 0.25) is 5.91 Å². The zero-order valence-electron chi connectivity index (χ0n) is 15.7. The third-order valence-electron chi connectivity index (χ3n) is 5.84. The molecule has 6 nitrogen and oxygen atoms in total. The molecule has 2 saturated heterocycles. The number of ether oxygens (including phenoxy) is 1. The molecular weight excluding hydrogens is 350 g/mol. The summed E-state index contributed by atoms with van der Waals surface area (Å²) in [6.45, 7) is 7.42. The molecule has 3 heterocycles. The van der Waals surface area contributed by atoms with E-state index in [2.05, 4.69) is 10.2 Å². The molecule has 3 aliphatic rings. The van der Waals surface area contributed by atoms with Crippen LogP contribution in [0.25, 0.3) is 0 Å². The van der Waals surface area contributed by atoms with Crippen molar-refractivity contribution >= 4 is 23.2 Å². The second-order valence-corrected chi connectivity index (χ2v) is 9.26. The summed E-state index contributed by atoms with van der Waals surface area (Å²) in [6, 6.07) is 1.77. The van der Waals surface area contributed by atoms with E-state index in [9.17, 15) is 9.59 Å². The lowest BCUT2D eigenvalue weighted by Gasteiger charge is -2.55. The highest BCUT2D eigenvalue weighted by Crippen LogP contribution is 2.36. The Hall–Kier alpha value is -1.44. The van der Waals surface area contributed by atoms with Crippen molar-refractivity contribution < 1.29 is 14.3 Å². The predicted molar refractivity (Wildman–Crippen MR) is 101 cm³/mol. The topological polar surface area (TPSA) is 61.9 Å². The van der Waals surface area contributed by atoms with Gasteiger partial charge in [0.05, 0.1) is 24.6 Å². The summed E-state index contributed by atoms with van der Waals surface area (Å²) in [6.07, 6.45) is 2.51. The van der Waals surface area contributed by atoms with Gasteiger partial charge in [-0.25, -0.2) is 0 Å². The normalized spacial score (nSPS) is 25.2. The number of thiophene rings is 1. The Labute approximate surface area is 158 Å². The van der Waals surface area contributed by atoms with Crippen molar-refractivity contribution in [1.82, 2.24) is 15.1 Å². The molecule has 0 aromatic carbocycles. The van der Waals surface area contributed by atoms with Crippen LogP contribution >= 0.6 is 11.3 Å². The fourth-order valence-corrected chi connectivity index (χ4v) is 4.94. The molecule has 1 aromatic heterocycles. The zero-order valence-corrected chi connectivity index (χ0v) is 16.5. The number of nitrogens with one attached hydrogen (secondary N) is 1. The summed E-state index contributed by atoms with van der Waals surface area (Å²) < 4.78 is 6.12. The van der Waals surface area contributed by atoms with E-state index in [0.29, 0.717) is 25.6 Å². The molecule has 1 spiro atoms. The SMILES string of the molecule is CNC(=O)[C@@H]1COC2(CN(C(=O)c3cc(C)c(C)s3)C2)CN1CC1CC1. The maximum atomic E-state index is 12.7. The van der Waals surface area contributed by atoms with E-state index in [1.54, 1.807) is 18.4 Å². The molecule has 0 bridgehead atoms. The van der Waals surface area contributed by atoms with Crippen LogP contribution in [-0.4, -0.2) is 73.1 Å².